The number of hydrogen-bond donors (Lipinski definition) is 1. The average molecular weight is 327 g/mol. The Balaban J connectivity index is 1.89. The molecule has 0 saturated heterocycles. The molecule has 104 valence electrons. The van der Waals surface area contributed by atoms with Crippen LogP contribution < -0.4 is 9.47 Å². The van der Waals surface area contributed by atoms with Crippen molar-refractivity contribution < 1.29 is 14.6 Å². The first-order chi connectivity index (χ1) is 8.87. The van der Waals surface area contributed by atoms with E-state index in [0.717, 1.165) is 34.4 Å². The van der Waals surface area contributed by atoms with E-state index in [1.54, 1.807) is 0 Å². The molecule has 1 aliphatic heterocycles. The van der Waals surface area contributed by atoms with Gasteiger partial charge >= 0.3 is 0 Å². The maximum atomic E-state index is 10.0. The van der Waals surface area contributed by atoms with Crippen LogP contribution in [0.4, 0.5) is 0 Å². The standard InChI is InChI=1S/C15H19BrO3/c1-14(2)8-18-12-6-10(7-15(17)3-4-15)5-11(16)13(12)19-9-14/h5-6,17H,3-4,7-9H2,1-2H3. The number of fused-ring (bicyclic) bond motifs is 1. The first kappa shape index (κ1) is 13.3. The fourth-order valence-corrected chi connectivity index (χ4v) is 2.86. The second-order valence-electron chi connectivity index (χ2n) is 6.55. The van der Waals surface area contributed by atoms with Crippen molar-refractivity contribution in [2.45, 2.75) is 38.7 Å². The molecule has 4 heteroatoms. The minimum Gasteiger partial charge on any atom is -0.489 e. The second kappa shape index (κ2) is 4.38. The van der Waals surface area contributed by atoms with E-state index in [1.165, 1.54) is 0 Å². The summed E-state index contributed by atoms with van der Waals surface area (Å²) in [5.41, 5.74) is 0.611. The largest absolute Gasteiger partial charge is 0.489 e. The van der Waals surface area contributed by atoms with Gasteiger partial charge in [0.05, 0.1) is 23.3 Å². The summed E-state index contributed by atoms with van der Waals surface area (Å²) in [6, 6.07) is 4.02. The first-order valence-corrected chi connectivity index (χ1v) is 7.47. The quantitative estimate of drug-likeness (QED) is 0.906. The van der Waals surface area contributed by atoms with Gasteiger partial charge in [0, 0.05) is 11.8 Å². The molecule has 0 atom stereocenters. The van der Waals surface area contributed by atoms with E-state index in [4.69, 9.17) is 9.47 Å². The summed E-state index contributed by atoms with van der Waals surface area (Å²) < 4.78 is 12.6. The minimum absolute atomic E-state index is 0.00726. The van der Waals surface area contributed by atoms with Crippen molar-refractivity contribution >= 4 is 15.9 Å². The van der Waals surface area contributed by atoms with Gasteiger partial charge in [-0.1, -0.05) is 13.8 Å². The molecule has 1 aliphatic carbocycles. The lowest BCUT2D eigenvalue weighted by Gasteiger charge is -2.19. The highest BCUT2D eigenvalue weighted by atomic mass is 79.9. The van der Waals surface area contributed by atoms with E-state index in [0.29, 0.717) is 19.6 Å². The van der Waals surface area contributed by atoms with Gasteiger partial charge in [-0.15, -0.1) is 0 Å². The maximum Gasteiger partial charge on any atom is 0.175 e. The van der Waals surface area contributed by atoms with Crippen molar-refractivity contribution in [3.05, 3.63) is 22.2 Å². The SMILES string of the molecule is CC1(C)COc2cc(CC3(O)CC3)cc(Br)c2OC1. The second-order valence-corrected chi connectivity index (χ2v) is 7.40. The van der Waals surface area contributed by atoms with E-state index in [9.17, 15) is 5.11 Å². The predicted octanol–water partition coefficient (Wildman–Crippen LogP) is 3.31. The van der Waals surface area contributed by atoms with Gasteiger partial charge in [-0.05, 0) is 46.5 Å². The normalized spacial score (nSPS) is 22.7. The van der Waals surface area contributed by atoms with Crippen molar-refractivity contribution in [3.63, 3.8) is 0 Å². The molecule has 0 spiro atoms. The van der Waals surface area contributed by atoms with Crippen LogP contribution in [0.15, 0.2) is 16.6 Å². The van der Waals surface area contributed by atoms with Crippen LogP contribution in [0.2, 0.25) is 0 Å². The van der Waals surface area contributed by atoms with Crippen LogP contribution in [0, 0.1) is 5.41 Å². The molecule has 2 aliphatic rings. The van der Waals surface area contributed by atoms with Crippen molar-refractivity contribution in [2.24, 2.45) is 5.41 Å². The molecule has 3 rings (SSSR count). The smallest absolute Gasteiger partial charge is 0.175 e. The van der Waals surface area contributed by atoms with Gasteiger partial charge in [-0.2, -0.15) is 0 Å². The molecular formula is C15H19BrO3. The van der Waals surface area contributed by atoms with Gasteiger partial charge in [0.1, 0.15) is 0 Å². The third-order valence-electron chi connectivity index (χ3n) is 3.66. The van der Waals surface area contributed by atoms with Crippen molar-refractivity contribution in [3.8, 4) is 11.5 Å². The fourth-order valence-electron chi connectivity index (χ4n) is 2.25. The molecule has 0 amide bonds. The molecule has 1 aromatic rings. The lowest BCUT2D eigenvalue weighted by atomic mass is 9.97. The summed E-state index contributed by atoms with van der Waals surface area (Å²) in [6.45, 7) is 5.53. The van der Waals surface area contributed by atoms with E-state index < -0.39 is 5.60 Å². The van der Waals surface area contributed by atoms with Gasteiger partial charge in [0.2, 0.25) is 0 Å². The number of aliphatic hydroxyl groups is 1. The zero-order chi connectivity index (χ0) is 13.7. The zero-order valence-corrected chi connectivity index (χ0v) is 12.9. The summed E-state index contributed by atoms with van der Waals surface area (Å²) in [5.74, 6) is 1.55. The van der Waals surface area contributed by atoms with Crippen LogP contribution in [0.1, 0.15) is 32.3 Å². The third-order valence-corrected chi connectivity index (χ3v) is 4.24. The van der Waals surface area contributed by atoms with E-state index in [1.807, 2.05) is 12.1 Å². The minimum atomic E-state index is -0.488. The predicted molar refractivity (Wildman–Crippen MR) is 76.8 cm³/mol. The van der Waals surface area contributed by atoms with Crippen LogP contribution in [-0.2, 0) is 6.42 Å². The van der Waals surface area contributed by atoms with Crippen LogP contribution >= 0.6 is 15.9 Å². The van der Waals surface area contributed by atoms with Gasteiger partial charge in [-0.25, -0.2) is 0 Å². The molecule has 0 bridgehead atoms. The lowest BCUT2D eigenvalue weighted by molar-refractivity contribution is 0.139. The van der Waals surface area contributed by atoms with Crippen molar-refractivity contribution in [2.75, 3.05) is 13.2 Å². The van der Waals surface area contributed by atoms with Crippen LogP contribution in [-0.4, -0.2) is 23.9 Å². The highest BCUT2D eigenvalue weighted by Crippen LogP contribution is 2.43. The molecule has 1 saturated carbocycles. The highest BCUT2D eigenvalue weighted by molar-refractivity contribution is 9.10. The molecule has 19 heavy (non-hydrogen) atoms. The molecule has 0 radical (unpaired) electrons. The Morgan fingerprint density at radius 2 is 1.89 bits per heavy atom. The topological polar surface area (TPSA) is 38.7 Å². The summed E-state index contributed by atoms with van der Waals surface area (Å²) in [4.78, 5) is 0. The number of ether oxygens (including phenoxy) is 2. The molecule has 0 aromatic heterocycles. The molecule has 3 nitrogen and oxygen atoms in total. The van der Waals surface area contributed by atoms with Crippen LogP contribution in [0.5, 0.6) is 11.5 Å². The van der Waals surface area contributed by atoms with Crippen LogP contribution in [0.25, 0.3) is 0 Å². The summed E-state index contributed by atoms with van der Waals surface area (Å²) >= 11 is 3.55. The van der Waals surface area contributed by atoms with Crippen molar-refractivity contribution in [1.29, 1.82) is 0 Å². The van der Waals surface area contributed by atoms with Gasteiger partial charge in [0.15, 0.2) is 11.5 Å². The Morgan fingerprint density at radius 1 is 1.21 bits per heavy atom. The fraction of sp³-hybridized carbons (Fsp3) is 0.600. The number of halogens is 1. The van der Waals surface area contributed by atoms with Gasteiger partial charge in [-0.3, -0.25) is 0 Å². The van der Waals surface area contributed by atoms with Crippen molar-refractivity contribution in [1.82, 2.24) is 0 Å². The molecule has 1 fully saturated rings. The monoisotopic (exact) mass is 326 g/mol. The highest BCUT2D eigenvalue weighted by Gasteiger charge is 2.40. The Hall–Kier alpha value is -0.740. The number of benzene rings is 1. The zero-order valence-electron chi connectivity index (χ0n) is 11.3. The van der Waals surface area contributed by atoms with E-state index >= 15 is 0 Å². The van der Waals surface area contributed by atoms with E-state index in [-0.39, 0.29) is 5.41 Å². The molecule has 1 heterocycles. The Bertz CT molecular complexity index is 506. The summed E-state index contributed by atoms with van der Waals surface area (Å²) in [6.07, 6.45) is 2.48. The molecule has 0 unspecified atom stereocenters. The number of rotatable bonds is 2. The van der Waals surface area contributed by atoms with E-state index in [2.05, 4.69) is 29.8 Å². The molecular weight excluding hydrogens is 308 g/mol. The average Bonchev–Trinajstić information content (AvgIpc) is 3.04. The molecule has 1 aromatic carbocycles. The maximum absolute atomic E-state index is 10.0. The first-order valence-electron chi connectivity index (χ1n) is 6.67. The van der Waals surface area contributed by atoms with Crippen LogP contribution in [0.3, 0.4) is 0 Å². The summed E-state index contributed by atoms with van der Waals surface area (Å²) in [5, 5.41) is 10.0. The Kier molecular flexibility index (Phi) is 3.06. The lowest BCUT2D eigenvalue weighted by Crippen LogP contribution is -2.26. The van der Waals surface area contributed by atoms with Gasteiger partial charge in [0.25, 0.3) is 0 Å². The number of hydrogen-bond acceptors (Lipinski definition) is 3. The Morgan fingerprint density at radius 3 is 2.58 bits per heavy atom. The Labute approximate surface area is 122 Å². The molecule has 1 N–H and O–H groups in total. The van der Waals surface area contributed by atoms with Gasteiger partial charge < -0.3 is 14.6 Å². The third kappa shape index (κ3) is 2.90. The summed E-state index contributed by atoms with van der Waals surface area (Å²) in [7, 11) is 0.